The van der Waals surface area contributed by atoms with E-state index in [1.165, 1.54) is 6.07 Å². The van der Waals surface area contributed by atoms with Crippen LogP contribution in [-0.4, -0.2) is 36.6 Å². The molecule has 0 spiro atoms. The largest absolute Gasteiger partial charge is 0.337 e. The fourth-order valence-electron chi connectivity index (χ4n) is 4.72. The molecule has 2 heterocycles. The predicted molar refractivity (Wildman–Crippen MR) is 110 cm³/mol. The van der Waals surface area contributed by atoms with Crippen LogP contribution in [0.3, 0.4) is 0 Å². The maximum absolute atomic E-state index is 14.0. The summed E-state index contributed by atoms with van der Waals surface area (Å²) in [5.41, 5.74) is 0.358. The lowest BCUT2D eigenvalue weighted by molar-refractivity contribution is -0.135. The molecule has 1 amide bonds. The molecule has 0 aliphatic carbocycles. The van der Waals surface area contributed by atoms with Crippen molar-refractivity contribution in [2.24, 2.45) is 0 Å². The fourth-order valence-corrected chi connectivity index (χ4v) is 6.85. The molecule has 2 aromatic rings. The highest BCUT2D eigenvalue weighted by Gasteiger charge is 2.46. The van der Waals surface area contributed by atoms with E-state index < -0.39 is 20.9 Å². The number of sulfone groups is 1. The van der Waals surface area contributed by atoms with Gasteiger partial charge in [0.25, 0.3) is 0 Å². The highest BCUT2D eigenvalue weighted by molar-refractivity contribution is 7.92. The van der Waals surface area contributed by atoms with Crippen LogP contribution in [0.5, 0.6) is 0 Å². The van der Waals surface area contributed by atoms with E-state index >= 15 is 0 Å². The van der Waals surface area contributed by atoms with Gasteiger partial charge in [0, 0.05) is 29.1 Å². The number of carbonyl (C=O) groups is 1. The van der Waals surface area contributed by atoms with Crippen molar-refractivity contribution in [1.29, 1.82) is 0 Å². The number of hydrogen-bond acceptors (Lipinski definition) is 3. The van der Waals surface area contributed by atoms with Crippen LogP contribution in [0.25, 0.3) is 0 Å². The average molecular weight is 436 g/mol. The molecule has 2 saturated heterocycles. The van der Waals surface area contributed by atoms with Gasteiger partial charge in [-0.15, -0.1) is 0 Å². The minimum absolute atomic E-state index is 0.0487. The van der Waals surface area contributed by atoms with E-state index in [2.05, 4.69) is 0 Å². The van der Waals surface area contributed by atoms with E-state index in [4.69, 9.17) is 11.6 Å². The van der Waals surface area contributed by atoms with E-state index in [1.54, 1.807) is 42.5 Å². The normalized spacial score (nSPS) is 23.9. The van der Waals surface area contributed by atoms with Gasteiger partial charge in [-0.3, -0.25) is 4.79 Å². The third-order valence-corrected chi connectivity index (χ3v) is 8.68. The molecule has 0 N–H and O–H groups in total. The molecule has 2 fully saturated rings. The second kappa shape index (κ2) is 8.07. The molecule has 0 aromatic heterocycles. The van der Waals surface area contributed by atoms with Crippen molar-refractivity contribution in [2.45, 2.75) is 60.8 Å². The summed E-state index contributed by atoms with van der Waals surface area (Å²) in [7, 11) is -3.41. The van der Waals surface area contributed by atoms with Gasteiger partial charge in [-0.2, -0.15) is 0 Å². The zero-order valence-corrected chi connectivity index (χ0v) is 17.5. The van der Waals surface area contributed by atoms with E-state index in [1.807, 2.05) is 4.90 Å². The first-order chi connectivity index (χ1) is 13.9. The average Bonchev–Trinajstić information content (AvgIpc) is 2.97. The third kappa shape index (κ3) is 3.92. The molecule has 29 heavy (non-hydrogen) atoms. The molecule has 154 valence electrons. The number of nitrogens with zero attached hydrogens (tertiary/aromatic N) is 1. The van der Waals surface area contributed by atoms with Crippen LogP contribution in [0.2, 0.25) is 5.02 Å². The molecule has 0 radical (unpaired) electrons. The topological polar surface area (TPSA) is 54.5 Å². The van der Waals surface area contributed by atoms with Gasteiger partial charge in [-0.25, -0.2) is 12.8 Å². The number of hydrogen-bond donors (Lipinski definition) is 0. The van der Waals surface area contributed by atoms with Gasteiger partial charge in [0.15, 0.2) is 9.84 Å². The Morgan fingerprint density at radius 2 is 1.69 bits per heavy atom. The molecule has 0 saturated carbocycles. The zero-order chi connectivity index (χ0) is 20.6. The number of rotatable bonds is 5. The van der Waals surface area contributed by atoms with Crippen molar-refractivity contribution in [3.63, 3.8) is 0 Å². The Bertz CT molecular complexity index is 978. The number of halogens is 2. The summed E-state index contributed by atoms with van der Waals surface area (Å²) in [6, 6.07) is 12.9. The summed E-state index contributed by atoms with van der Waals surface area (Å²) >= 11 is 6.06. The summed E-state index contributed by atoms with van der Waals surface area (Å²) in [4.78, 5) is 15.1. The maximum Gasteiger partial charge on any atom is 0.223 e. The van der Waals surface area contributed by atoms with Gasteiger partial charge in [0.1, 0.15) is 5.82 Å². The lowest BCUT2D eigenvalue weighted by Gasteiger charge is -2.38. The van der Waals surface area contributed by atoms with Crippen LogP contribution in [0.1, 0.15) is 37.7 Å². The number of amides is 1. The van der Waals surface area contributed by atoms with Crippen LogP contribution in [0.15, 0.2) is 53.4 Å². The third-order valence-electron chi connectivity index (χ3n) is 6.14. The number of piperidine rings is 1. The second-order valence-electron chi connectivity index (χ2n) is 7.84. The zero-order valence-electron chi connectivity index (χ0n) is 15.9. The van der Waals surface area contributed by atoms with Crippen molar-refractivity contribution in [2.75, 3.05) is 0 Å². The molecule has 4 nitrogen and oxygen atoms in total. The Morgan fingerprint density at radius 3 is 2.31 bits per heavy atom. The SMILES string of the molecule is O=C(CCc1c(F)cccc1Cl)N1[C@@H]2CC[C@H]1CC(S(=O)(=O)c1ccccc1)C2. The number of fused-ring (bicyclic) bond motifs is 2. The van der Waals surface area contributed by atoms with Crippen molar-refractivity contribution < 1.29 is 17.6 Å². The molecular weight excluding hydrogens is 413 g/mol. The molecule has 4 rings (SSSR count). The summed E-state index contributed by atoms with van der Waals surface area (Å²) in [6.07, 6.45) is 2.96. The molecule has 2 aliphatic rings. The van der Waals surface area contributed by atoms with Gasteiger partial charge in [0.2, 0.25) is 5.91 Å². The fraction of sp³-hybridized carbons (Fsp3) is 0.409. The Hall–Kier alpha value is -1.92. The molecule has 3 atom stereocenters. The van der Waals surface area contributed by atoms with Gasteiger partial charge < -0.3 is 4.90 Å². The summed E-state index contributed by atoms with van der Waals surface area (Å²) in [6.45, 7) is 0. The molecule has 2 bridgehead atoms. The number of benzene rings is 2. The molecular formula is C22H23ClFNO3S. The van der Waals surface area contributed by atoms with E-state index in [9.17, 15) is 17.6 Å². The monoisotopic (exact) mass is 435 g/mol. The van der Waals surface area contributed by atoms with Crippen LogP contribution in [0, 0.1) is 5.82 Å². The standard InChI is InChI=1S/C22H23ClFNO3S/c23-20-7-4-8-21(24)19(20)11-12-22(26)25-15-9-10-16(25)14-18(13-15)29(27,28)17-5-2-1-3-6-17/h1-8,15-16,18H,9-14H2/t15-,16+,18?. The molecule has 2 aliphatic heterocycles. The molecule has 7 heteroatoms. The van der Waals surface area contributed by atoms with Crippen LogP contribution < -0.4 is 0 Å². The number of carbonyl (C=O) groups excluding carboxylic acids is 1. The van der Waals surface area contributed by atoms with E-state index in [0.717, 1.165) is 12.8 Å². The van der Waals surface area contributed by atoms with Gasteiger partial charge in [0.05, 0.1) is 10.1 Å². The quantitative estimate of drug-likeness (QED) is 0.699. The summed E-state index contributed by atoms with van der Waals surface area (Å²) in [5, 5.41) is -0.138. The summed E-state index contributed by atoms with van der Waals surface area (Å²) in [5.74, 6) is -0.451. The molecule has 2 aromatic carbocycles. The van der Waals surface area contributed by atoms with Gasteiger partial charge in [-0.05, 0) is 56.4 Å². The van der Waals surface area contributed by atoms with Crippen molar-refractivity contribution >= 4 is 27.3 Å². The first-order valence-electron chi connectivity index (χ1n) is 9.91. The minimum Gasteiger partial charge on any atom is -0.337 e. The summed E-state index contributed by atoms with van der Waals surface area (Å²) < 4.78 is 40.0. The second-order valence-corrected chi connectivity index (χ2v) is 10.5. The Kier molecular flexibility index (Phi) is 5.67. The predicted octanol–water partition coefficient (Wildman–Crippen LogP) is 4.41. The lowest BCUT2D eigenvalue weighted by Crippen LogP contribution is -2.49. The minimum atomic E-state index is -3.41. The maximum atomic E-state index is 14.0. The smallest absolute Gasteiger partial charge is 0.223 e. The Morgan fingerprint density at radius 1 is 1.03 bits per heavy atom. The first kappa shape index (κ1) is 20.4. The van der Waals surface area contributed by atoms with Gasteiger partial charge in [-0.1, -0.05) is 35.9 Å². The van der Waals surface area contributed by atoms with Crippen LogP contribution >= 0.6 is 11.6 Å². The lowest BCUT2D eigenvalue weighted by atomic mass is 10.0. The van der Waals surface area contributed by atoms with Crippen molar-refractivity contribution in [1.82, 2.24) is 4.90 Å². The van der Waals surface area contributed by atoms with Crippen molar-refractivity contribution in [3.05, 3.63) is 64.9 Å². The van der Waals surface area contributed by atoms with Crippen LogP contribution in [-0.2, 0) is 21.1 Å². The molecule has 1 unspecified atom stereocenters. The van der Waals surface area contributed by atoms with E-state index in [-0.39, 0.29) is 30.8 Å². The Balaban J connectivity index is 1.45. The van der Waals surface area contributed by atoms with E-state index in [0.29, 0.717) is 28.3 Å². The highest BCUT2D eigenvalue weighted by atomic mass is 35.5. The highest BCUT2D eigenvalue weighted by Crippen LogP contribution is 2.40. The first-order valence-corrected chi connectivity index (χ1v) is 11.8. The Labute approximate surface area is 175 Å². The van der Waals surface area contributed by atoms with Crippen molar-refractivity contribution in [3.8, 4) is 0 Å². The van der Waals surface area contributed by atoms with Gasteiger partial charge >= 0.3 is 0 Å². The van der Waals surface area contributed by atoms with Crippen LogP contribution in [0.4, 0.5) is 4.39 Å².